The largest absolute Gasteiger partial charge is 0.236 e. The Morgan fingerprint density at radius 1 is 1.17 bits per heavy atom. The maximum Gasteiger partial charge on any atom is 0.236 e. The molecule has 3 heteroatoms. The third kappa shape index (κ3) is 1.60. The highest BCUT2D eigenvalue weighted by atomic mass is 15.2. The molecular formula is C9H14BN2. The van der Waals surface area contributed by atoms with E-state index in [0.29, 0.717) is 5.92 Å². The Labute approximate surface area is 74.4 Å². The van der Waals surface area contributed by atoms with E-state index in [9.17, 15) is 0 Å². The van der Waals surface area contributed by atoms with Crippen LogP contribution < -0.4 is 0 Å². The molecule has 63 valence electrons. The highest BCUT2D eigenvalue weighted by molar-refractivity contribution is 7.00. The van der Waals surface area contributed by atoms with Gasteiger partial charge in [-0.25, -0.2) is 0 Å². The van der Waals surface area contributed by atoms with Crippen LogP contribution >= 0.6 is 0 Å². The van der Waals surface area contributed by atoms with Crippen LogP contribution in [0, 0.1) is 5.92 Å². The summed E-state index contributed by atoms with van der Waals surface area (Å²) in [5.74, 6) is 0.708. The zero-order valence-electron chi connectivity index (χ0n) is 7.58. The Kier molecular flexibility index (Phi) is 2.29. The second-order valence-corrected chi connectivity index (χ2v) is 3.75. The van der Waals surface area contributed by atoms with E-state index in [4.69, 9.17) is 0 Å². The first kappa shape index (κ1) is 8.02. The smallest absolute Gasteiger partial charge is 0.172 e. The molecule has 1 saturated carbocycles. The maximum absolute atomic E-state index is 4.19. The number of rotatable bonds is 1. The van der Waals surface area contributed by atoms with E-state index in [1.165, 1.54) is 37.7 Å². The van der Waals surface area contributed by atoms with E-state index in [1.54, 1.807) is 0 Å². The SMILES string of the molecule is CC1=NN=C(C2CCCCC2)[B]1. The summed E-state index contributed by atoms with van der Waals surface area (Å²) in [5, 5.41) is 8.23. The van der Waals surface area contributed by atoms with Crippen molar-refractivity contribution in [2.75, 3.05) is 0 Å². The van der Waals surface area contributed by atoms with Crippen molar-refractivity contribution < 1.29 is 0 Å². The summed E-state index contributed by atoms with van der Waals surface area (Å²) in [6, 6.07) is 0. The minimum Gasteiger partial charge on any atom is -0.172 e. The fourth-order valence-electron chi connectivity index (χ4n) is 2.01. The summed E-state index contributed by atoms with van der Waals surface area (Å²) in [6.07, 6.45) is 6.78. The van der Waals surface area contributed by atoms with Crippen LogP contribution in [0.5, 0.6) is 0 Å². The lowest BCUT2D eigenvalue weighted by molar-refractivity contribution is 0.442. The monoisotopic (exact) mass is 161 g/mol. The van der Waals surface area contributed by atoms with Gasteiger partial charge in [0.2, 0.25) is 7.28 Å². The molecule has 0 bridgehead atoms. The maximum atomic E-state index is 4.19. The zero-order chi connectivity index (χ0) is 8.39. The van der Waals surface area contributed by atoms with E-state index in [2.05, 4.69) is 17.5 Å². The molecule has 0 aromatic carbocycles. The van der Waals surface area contributed by atoms with Crippen LogP contribution in [0.1, 0.15) is 39.0 Å². The topological polar surface area (TPSA) is 24.7 Å². The van der Waals surface area contributed by atoms with E-state index < -0.39 is 0 Å². The lowest BCUT2D eigenvalue weighted by Crippen LogP contribution is -2.24. The average molecular weight is 161 g/mol. The van der Waals surface area contributed by atoms with Crippen molar-refractivity contribution in [2.45, 2.75) is 39.0 Å². The third-order valence-electron chi connectivity index (χ3n) is 2.70. The van der Waals surface area contributed by atoms with Crippen molar-refractivity contribution in [3.63, 3.8) is 0 Å². The minimum atomic E-state index is 0.708. The van der Waals surface area contributed by atoms with Crippen LogP contribution in [0.2, 0.25) is 0 Å². The van der Waals surface area contributed by atoms with Crippen LogP contribution in [0.25, 0.3) is 0 Å². The highest BCUT2D eigenvalue weighted by Gasteiger charge is 2.22. The molecule has 0 atom stereocenters. The van der Waals surface area contributed by atoms with Crippen molar-refractivity contribution in [2.24, 2.45) is 16.1 Å². The molecule has 1 fully saturated rings. The Hall–Kier alpha value is -0.595. The second kappa shape index (κ2) is 3.42. The van der Waals surface area contributed by atoms with Crippen LogP contribution in [-0.2, 0) is 0 Å². The predicted molar refractivity (Wildman–Crippen MR) is 52.9 cm³/mol. The van der Waals surface area contributed by atoms with E-state index in [0.717, 1.165) is 5.61 Å². The molecule has 1 radical (unpaired) electrons. The highest BCUT2D eigenvalue weighted by Crippen LogP contribution is 2.25. The molecular weight excluding hydrogens is 147 g/mol. The van der Waals surface area contributed by atoms with Gasteiger partial charge in [0.15, 0.2) is 0 Å². The number of hydrogen-bond donors (Lipinski definition) is 0. The van der Waals surface area contributed by atoms with Crippen LogP contribution in [-0.4, -0.2) is 18.5 Å². The van der Waals surface area contributed by atoms with Gasteiger partial charge < -0.3 is 0 Å². The summed E-state index contributed by atoms with van der Waals surface area (Å²) in [5.41, 5.74) is 2.29. The van der Waals surface area contributed by atoms with Crippen molar-refractivity contribution in [1.29, 1.82) is 0 Å². The lowest BCUT2D eigenvalue weighted by Gasteiger charge is -2.20. The Balaban J connectivity index is 1.93. The van der Waals surface area contributed by atoms with Gasteiger partial charge in [-0.15, -0.1) is 0 Å². The molecule has 12 heavy (non-hydrogen) atoms. The quantitative estimate of drug-likeness (QED) is 0.525. The minimum absolute atomic E-state index is 0.708. The van der Waals surface area contributed by atoms with Gasteiger partial charge in [-0.2, -0.15) is 10.2 Å². The molecule has 2 rings (SSSR count). The molecule has 0 N–H and O–H groups in total. The normalized spacial score (nSPS) is 24.8. The third-order valence-corrected chi connectivity index (χ3v) is 2.70. The van der Waals surface area contributed by atoms with Gasteiger partial charge in [0.25, 0.3) is 0 Å². The fourth-order valence-corrected chi connectivity index (χ4v) is 2.01. The van der Waals surface area contributed by atoms with Crippen molar-refractivity contribution in [3.05, 3.63) is 0 Å². The molecule has 0 unspecified atom stereocenters. The van der Waals surface area contributed by atoms with Crippen molar-refractivity contribution >= 4 is 18.5 Å². The van der Waals surface area contributed by atoms with Crippen molar-refractivity contribution in [1.82, 2.24) is 0 Å². The lowest BCUT2D eigenvalue weighted by atomic mass is 9.62. The first-order chi connectivity index (χ1) is 5.86. The zero-order valence-corrected chi connectivity index (χ0v) is 7.58. The van der Waals surface area contributed by atoms with E-state index in [-0.39, 0.29) is 0 Å². The molecule has 1 aliphatic carbocycles. The van der Waals surface area contributed by atoms with E-state index in [1.807, 2.05) is 6.92 Å². The Bertz CT molecular complexity index is 227. The van der Waals surface area contributed by atoms with Crippen LogP contribution in [0.3, 0.4) is 0 Å². The molecule has 0 saturated heterocycles. The van der Waals surface area contributed by atoms with Gasteiger partial charge >= 0.3 is 0 Å². The summed E-state index contributed by atoms with van der Waals surface area (Å²) in [7, 11) is 2.13. The van der Waals surface area contributed by atoms with Gasteiger partial charge in [0.05, 0.1) is 0 Å². The van der Waals surface area contributed by atoms with Crippen molar-refractivity contribution in [3.8, 4) is 0 Å². The molecule has 0 aromatic rings. The summed E-state index contributed by atoms with van der Waals surface area (Å²) in [4.78, 5) is 0. The van der Waals surface area contributed by atoms with Crippen LogP contribution in [0.4, 0.5) is 0 Å². The molecule has 0 amide bonds. The van der Waals surface area contributed by atoms with Gasteiger partial charge in [0, 0.05) is 11.2 Å². The first-order valence-corrected chi connectivity index (χ1v) is 4.83. The first-order valence-electron chi connectivity index (χ1n) is 4.83. The van der Waals surface area contributed by atoms with E-state index >= 15 is 0 Å². The van der Waals surface area contributed by atoms with Gasteiger partial charge in [0.1, 0.15) is 0 Å². The Morgan fingerprint density at radius 2 is 1.92 bits per heavy atom. The summed E-state index contributed by atoms with van der Waals surface area (Å²) in [6.45, 7) is 2.01. The fraction of sp³-hybridized carbons (Fsp3) is 0.778. The number of hydrogen-bond acceptors (Lipinski definition) is 2. The Morgan fingerprint density at radius 3 is 2.50 bits per heavy atom. The summed E-state index contributed by atoms with van der Waals surface area (Å²) >= 11 is 0. The molecule has 0 aromatic heterocycles. The molecule has 2 nitrogen and oxygen atoms in total. The predicted octanol–water partition coefficient (Wildman–Crippen LogP) is 2.02. The van der Waals surface area contributed by atoms with Gasteiger partial charge in [-0.3, -0.25) is 0 Å². The molecule has 1 aliphatic heterocycles. The standard InChI is InChI=1S/C9H14BN2/c1-7-10-9(12-11-7)8-5-3-2-4-6-8/h8H,2-6H2,1H3. The van der Waals surface area contributed by atoms with Crippen LogP contribution in [0.15, 0.2) is 10.2 Å². The number of nitrogens with zero attached hydrogens (tertiary/aromatic N) is 2. The summed E-state index contributed by atoms with van der Waals surface area (Å²) < 4.78 is 0. The molecule has 1 heterocycles. The second-order valence-electron chi connectivity index (χ2n) is 3.75. The average Bonchev–Trinajstić information content (AvgIpc) is 2.54. The molecule has 0 spiro atoms. The molecule has 2 aliphatic rings. The van der Waals surface area contributed by atoms with Gasteiger partial charge in [-0.1, -0.05) is 19.3 Å². The van der Waals surface area contributed by atoms with Gasteiger partial charge in [-0.05, 0) is 25.7 Å².